The Bertz CT molecular complexity index is 659. The summed E-state index contributed by atoms with van der Waals surface area (Å²) in [6, 6.07) is 3.61. The molecule has 0 saturated carbocycles. The number of hydroxylamine groups is 1. The summed E-state index contributed by atoms with van der Waals surface area (Å²) in [7, 11) is -4.14. The van der Waals surface area contributed by atoms with Gasteiger partial charge in [-0.25, -0.2) is 13.9 Å². The Morgan fingerprint density at radius 3 is 2.25 bits per heavy atom. The maximum absolute atomic E-state index is 12.5. The van der Waals surface area contributed by atoms with Crippen molar-refractivity contribution in [3.8, 4) is 5.75 Å². The van der Waals surface area contributed by atoms with Crippen molar-refractivity contribution in [3.63, 3.8) is 0 Å². The van der Waals surface area contributed by atoms with Gasteiger partial charge in [0.25, 0.3) is 5.91 Å². The van der Waals surface area contributed by atoms with Crippen LogP contribution in [0.4, 0.5) is 13.2 Å². The number of sulfonamides is 1. The fourth-order valence-electron chi connectivity index (χ4n) is 1.81. The smallest absolute Gasteiger partial charge is 0.406 e. The van der Waals surface area contributed by atoms with Gasteiger partial charge in [-0.2, -0.15) is 4.31 Å². The van der Waals surface area contributed by atoms with Gasteiger partial charge < -0.3 is 4.74 Å². The number of carbonyl (C=O) groups is 1. The molecule has 24 heavy (non-hydrogen) atoms. The Morgan fingerprint density at radius 1 is 1.29 bits per heavy atom. The van der Waals surface area contributed by atoms with Crippen molar-refractivity contribution in [1.82, 2.24) is 9.79 Å². The molecule has 0 fully saturated rings. The van der Waals surface area contributed by atoms with Gasteiger partial charge in [0.2, 0.25) is 10.0 Å². The fraction of sp³-hybridized carbons (Fsp3) is 0.462. The van der Waals surface area contributed by atoms with Crippen molar-refractivity contribution in [2.24, 2.45) is 5.92 Å². The zero-order valence-electron chi connectivity index (χ0n) is 12.9. The Hall–Kier alpha value is -1.85. The summed E-state index contributed by atoms with van der Waals surface area (Å²) in [5.41, 5.74) is 1.34. The molecule has 1 rings (SSSR count). The molecule has 0 bridgehead atoms. The van der Waals surface area contributed by atoms with E-state index >= 15 is 0 Å². The molecule has 2 N–H and O–H groups in total. The average molecular weight is 370 g/mol. The van der Waals surface area contributed by atoms with Gasteiger partial charge in [0.05, 0.1) is 11.4 Å². The molecule has 1 amide bonds. The predicted molar refractivity (Wildman–Crippen MR) is 76.7 cm³/mol. The van der Waals surface area contributed by atoms with Crippen LogP contribution in [0.3, 0.4) is 0 Å². The van der Waals surface area contributed by atoms with E-state index in [2.05, 4.69) is 4.74 Å². The molecular formula is C13H17F3N2O5S. The third-order valence-corrected chi connectivity index (χ3v) is 4.53. The Kier molecular flexibility index (Phi) is 6.58. The number of hydrogen-bond acceptors (Lipinski definition) is 5. The minimum absolute atomic E-state index is 0.0173. The number of amides is 1. The highest BCUT2D eigenvalue weighted by Crippen LogP contribution is 2.25. The van der Waals surface area contributed by atoms with E-state index in [0.717, 1.165) is 28.6 Å². The largest absolute Gasteiger partial charge is 0.573 e. The van der Waals surface area contributed by atoms with Crippen LogP contribution in [0.15, 0.2) is 29.2 Å². The minimum atomic E-state index is -4.89. The lowest BCUT2D eigenvalue weighted by Gasteiger charge is -2.23. The van der Waals surface area contributed by atoms with Crippen LogP contribution in [-0.4, -0.2) is 43.3 Å². The molecule has 0 aliphatic rings. The maximum atomic E-state index is 12.5. The second-order valence-electron chi connectivity index (χ2n) is 5.25. The van der Waals surface area contributed by atoms with Crippen LogP contribution in [0, 0.1) is 5.92 Å². The van der Waals surface area contributed by atoms with Gasteiger partial charge in [-0.1, -0.05) is 13.8 Å². The number of nitrogens with one attached hydrogen (secondary N) is 1. The molecule has 0 aliphatic heterocycles. The van der Waals surface area contributed by atoms with E-state index in [9.17, 15) is 26.4 Å². The van der Waals surface area contributed by atoms with Crippen molar-refractivity contribution in [3.05, 3.63) is 24.3 Å². The number of hydrogen-bond donors (Lipinski definition) is 2. The van der Waals surface area contributed by atoms with Crippen molar-refractivity contribution in [1.29, 1.82) is 0 Å². The van der Waals surface area contributed by atoms with E-state index in [1.165, 1.54) is 5.48 Å². The SMILES string of the molecule is CC(C)CN(CC(=O)NO)S(=O)(=O)c1ccc(OC(F)(F)F)cc1. The van der Waals surface area contributed by atoms with Crippen LogP contribution in [0.2, 0.25) is 0 Å². The van der Waals surface area contributed by atoms with Crippen LogP contribution in [0.5, 0.6) is 5.75 Å². The number of alkyl halides is 3. The van der Waals surface area contributed by atoms with Gasteiger partial charge in [-0.3, -0.25) is 10.0 Å². The first kappa shape index (κ1) is 20.2. The van der Waals surface area contributed by atoms with Crippen LogP contribution >= 0.6 is 0 Å². The highest BCUT2D eigenvalue weighted by atomic mass is 32.2. The van der Waals surface area contributed by atoms with Crippen LogP contribution in [-0.2, 0) is 14.8 Å². The second kappa shape index (κ2) is 7.81. The van der Waals surface area contributed by atoms with E-state index in [-0.39, 0.29) is 17.4 Å². The molecule has 0 aliphatic carbocycles. The zero-order chi connectivity index (χ0) is 18.5. The third kappa shape index (κ3) is 5.98. The van der Waals surface area contributed by atoms with E-state index in [1.807, 2.05) is 0 Å². The lowest BCUT2D eigenvalue weighted by molar-refractivity contribution is -0.274. The molecule has 0 unspecified atom stereocenters. The van der Waals surface area contributed by atoms with Crippen molar-refractivity contribution in [2.45, 2.75) is 25.1 Å². The highest BCUT2D eigenvalue weighted by molar-refractivity contribution is 7.89. The number of nitrogens with zero attached hydrogens (tertiary/aromatic N) is 1. The molecular weight excluding hydrogens is 353 g/mol. The Balaban J connectivity index is 3.07. The first-order chi connectivity index (χ1) is 11.0. The molecule has 7 nitrogen and oxygen atoms in total. The topological polar surface area (TPSA) is 95.9 Å². The monoisotopic (exact) mass is 370 g/mol. The fourth-order valence-corrected chi connectivity index (χ4v) is 3.37. The van der Waals surface area contributed by atoms with Gasteiger partial charge in [0, 0.05) is 6.54 Å². The molecule has 0 spiro atoms. The Labute approximate surface area is 137 Å². The van der Waals surface area contributed by atoms with Crippen molar-refractivity contribution in [2.75, 3.05) is 13.1 Å². The van der Waals surface area contributed by atoms with Crippen LogP contribution in [0.25, 0.3) is 0 Å². The first-order valence-electron chi connectivity index (χ1n) is 6.74. The molecule has 1 aromatic carbocycles. The molecule has 0 radical (unpaired) electrons. The maximum Gasteiger partial charge on any atom is 0.573 e. The second-order valence-corrected chi connectivity index (χ2v) is 7.18. The van der Waals surface area contributed by atoms with Gasteiger partial charge in [0.1, 0.15) is 5.75 Å². The lowest BCUT2D eigenvalue weighted by Crippen LogP contribution is -2.41. The summed E-state index contributed by atoms with van der Waals surface area (Å²) >= 11 is 0. The summed E-state index contributed by atoms with van der Waals surface area (Å²) in [6.07, 6.45) is -4.89. The van der Waals surface area contributed by atoms with Crippen LogP contribution in [0.1, 0.15) is 13.8 Å². The minimum Gasteiger partial charge on any atom is -0.406 e. The van der Waals surface area contributed by atoms with Gasteiger partial charge >= 0.3 is 6.36 Å². The van der Waals surface area contributed by atoms with E-state index in [4.69, 9.17) is 5.21 Å². The van der Waals surface area contributed by atoms with Crippen LogP contribution < -0.4 is 10.2 Å². The Morgan fingerprint density at radius 2 is 1.83 bits per heavy atom. The quantitative estimate of drug-likeness (QED) is 0.563. The number of halogens is 3. The first-order valence-corrected chi connectivity index (χ1v) is 8.18. The number of ether oxygens (including phenoxy) is 1. The third-order valence-electron chi connectivity index (χ3n) is 2.71. The normalized spacial score (nSPS) is 12.5. The van der Waals surface area contributed by atoms with Gasteiger partial charge in [-0.05, 0) is 30.2 Å². The highest BCUT2D eigenvalue weighted by Gasteiger charge is 2.32. The summed E-state index contributed by atoms with van der Waals surface area (Å²) in [5.74, 6) is -1.62. The zero-order valence-corrected chi connectivity index (χ0v) is 13.7. The van der Waals surface area contributed by atoms with E-state index in [1.54, 1.807) is 13.8 Å². The predicted octanol–water partition coefficient (Wildman–Crippen LogP) is 1.74. The number of benzene rings is 1. The van der Waals surface area contributed by atoms with E-state index < -0.39 is 34.6 Å². The molecule has 11 heteroatoms. The average Bonchev–Trinajstić information content (AvgIpc) is 2.44. The molecule has 0 aromatic heterocycles. The molecule has 0 saturated heterocycles. The molecule has 1 aromatic rings. The van der Waals surface area contributed by atoms with Gasteiger partial charge in [-0.15, -0.1) is 13.2 Å². The summed E-state index contributed by atoms with van der Waals surface area (Å²) in [6.45, 7) is 2.80. The molecule has 0 heterocycles. The standard InChI is InChI=1S/C13H17F3N2O5S/c1-9(2)7-18(8-12(19)17-20)24(21,22)11-5-3-10(4-6-11)23-13(14,15)16/h3-6,9,20H,7-8H2,1-2H3,(H,17,19). The summed E-state index contributed by atoms with van der Waals surface area (Å²) < 4.78 is 65.9. The van der Waals surface area contributed by atoms with Crippen molar-refractivity contribution >= 4 is 15.9 Å². The summed E-state index contributed by atoms with van der Waals surface area (Å²) in [4.78, 5) is 11.0. The van der Waals surface area contributed by atoms with Gasteiger partial charge in [0.15, 0.2) is 0 Å². The van der Waals surface area contributed by atoms with Crippen molar-refractivity contribution < 1.29 is 36.3 Å². The lowest BCUT2D eigenvalue weighted by atomic mass is 10.2. The molecule has 0 atom stereocenters. The molecule has 136 valence electrons. The summed E-state index contributed by atoms with van der Waals surface area (Å²) in [5, 5.41) is 8.55. The number of carbonyl (C=O) groups excluding carboxylic acids is 1. The number of rotatable bonds is 7. The van der Waals surface area contributed by atoms with E-state index in [0.29, 0.717) is 0 Å².